The Morgan fingerprint density at radius 2 is 0.781 bits per heavy atom. The normalized spacial score (nSPS) is 11.3. The van der Waals surface area contributed by atoms with Gasteiger partial charge in [-0.3, -0.25) is 9.59 Å². The summed E-state index contributed by atoms with van der Waals surface area (Å²) in [5.41, 5.74) is 0. The Morgan fingerprint density at radius 3 is 1.16 bits per heavy atom. The van der Waals surface area contributed by atoms with Crippen LogP contribution in [0.4, 0.5) is 0 Å². The van der Waals surface area contributed by atoms with Gasteiger partial charge in [-0.1, -0.05) is 105 Å². The van der Waals surface area contributed by atoms with Gasteiger partial charge in [-0.05, 0) is 37.5 Å². The molecule has 0 spiro atoms. The summed E-state index contributed by atoms with van der Waals surface area (Å²) in [6.07, 6.45) is 19.2. The Morgan fingerprint density at radius 1 is 0.469 bits per heavy atom. The first-order chi connectivity index (χ1) is 15.4. The van der Waals surface area contributed by atoms with Crippen LogP contribution >= 0.6 is 0 Å². The number of esters is 2. The average Bonchev–Trinajstić information content (AvgIpc) is 2.73. The first kappa shape index (κ1) is 30.9. The zero-order valence-corrected chi connectivity index (χ0v) is 21.9. The lowest BCUT2D eigenvalue weighted by molar-refractivity contribution is -0.144. The molecular weight excluding hydrogens is 400 g/mol. The summed E-state index contributed by atoms with van der Waals surface area (Å²) in [4.78, 5) is 23.5. The molecule has 0 N–H and O–H groups in total. The van der Waals surface area contributed by atoms with Gasteiger partial charge in [0.2, 0.25) is 0 Å². The minimum atomic E-state index is -0.0596. The number of ether oxygens (including phenoxy) is 2. The SMILES string of the molecule is CC(C)CCCCCCCOC(=O)CCCCCCCC(=O)OCCCCCCC(C)C. The van der Waals surface area contributed by atoms with E-state index in [0.717, 1.165) is 69.6 Å². The van der Waals surface area contributed by atoms with Gasteiger partial charge < -0.3 is 9.47 Å². The predicted molar refractivity (Wildman–Crippen MR) is 135 cm³/mol. The van der Waals surface area contributed by atoms with Gasteiger partial charge >= 0.3 is 11.9 Å². The summed E-state index contributed by atoms with van der Waals surface area (Å²) in [7, 11) is 0. The third kappa shape index (κ3) is 25.2. The topological polar surface area (TPSA) is 52.6 Å². The van der Waals surface area contributed by atoms with Gasteiger partial charge in [0.25, 0.3) is 0 Å². The van der Waals surface area contributed by atoms with Crippen LogP contribution in [0.2, 0.25) is 0 Å². The van der Waals surface area contributed by atoms with Crippen molar-refractivity contribution in [1.82, 2.24) is 0 Å². The lowest BCUT2D eigenvalue weighted by Crippen LogP contribution is -2.06. The quantitative estimate of drug-likeness (QED) is 0.115. The molecule has 0 fully saturated rings. The molecule has 0 saturated heterocycles. The van der Waals surface area contributed by atoms with Crippen molar-refractivity contribution in [3.8, 4) is 0 Å². The van der Waals surface area contributed by atoms with Gasteiger partial charge in [-0.25, -0.2) is 0 Å². The van der Waals surface area contributed by atoms with Gasteiger partial charge in [0.05, 0.1) is 13.2 Å². The van der Waals surface area contributed by atoms with Crippen LogP contribution in [-0.4, -0.2) is 25.2 Å². The minimum Gasteiger partial charge on any atom is -0.466 e. The number of hydrogen-bond acceptors (Lipinski definition) is 4. The number of carbonyl (C=O) groups excluding carboxylic acids is 2. The molecule has 0 atom stereocenters. The molecule has 0 aromatic carbocycles. The molecule has 0 heterocycles. The summed E-state index contributed by atoms with van der Waals surface area (Å²) >= 11 is 0. The van der Waals surface area contributed by atoms with E-state index < -0.39 is 0 Å². The van der Waals surface area contributed by atoms with Gasteiger partial charge in [-0.15, -0.1) is 0 Å². The van der Waals surface area contributed by atoms with Gasteiger partial charge in [0.15, 0.2) is 0 Å². The van der Waals surface area contributed by atoms with Crippen molar-refractivity contribution in [2.75, 3.05) is 13.2 Å². The largest absolute Gasteiger partial charge is 0.466 e. The monoisotopic (exact) mass is 454 g/mol. The summed E-state index contributed by atoms with van der Waals surface area (Å²) in [6.45, 7) is 10.2. The van der Waals surface area contributed by atoms with Crippen LogP contribution in [0.25, 0.3) is 0 Å². The molecule has 0 aliphatic heterocycles. The molecule has 0 aliphatic rings. The second-order valence-electron chi connectivity index (χ2n) is 10.3. The highest BCUT2D eigenvalue weighted by Gasteiger charge is 2.05. The maximum atomic E-state index is 11.8. The summed E-state index contributed by atoms with van der Waals surface area (Å²) in [5.74, 6) is 1.47. The van der Waals surface area contributed by atoms with Crippen LogP contribution in [0, 0.1) is 11.8 Å². The smallest absolute Gasteiger partial charge is 0.305 e. The molecular formula is C28H54O4. The predicted octanol–water partition coefficient (Wildman–Crippen LogP) is 8.41. The average molecular weight is 455 g/mol. The lowest BCUT2D eigenvalue weighted by atomic mass is 10.0. The third-order valence-corrected chi connectivity index (χ3v) is 5.89. The van der Waals surface area contributed by atoms with Crippen LogP contribution in [-0.2, 0) is 19.1 Å². The van der Waals surface area contributed by atoms with E-state index in [4.69, 9.17) is 9.47 Å². The van der Waals surface area contributed by atoms with Gasteiger partial charge in [-0.2, -0.15) is 0 Å². The fourth-order valence-electron chi connectivity index (χ4n) is 3.78. The zero-order chi connectivity index (χ0) is 23.9. The van der Waals surface area contributed by atoms with Crippen LogP contribution in [0.3, 0.4) is 0 Å². The van der Waals surface area contributed by atoms with Crippen LogP contribution in [0.5, 0.6) is 0 Å². The van der Waals surface area contributed by atoms with E-state index >= 15 is 0 Å². The molecule has 0 bridgehead atoms. The minimum absolute atomic E-state index is 0.0578. The van der Waals surface area contributed by atoms with Gasteiger partial charge in [0.1, 0.15) is 0 Å². The third-order valence-electron chi connectivity index (χ3n) is 5.89. The van der Waals surface area contributed by atoms with Crippen LogP contribution in [0.15, 0.2) is 0 Å². The van der Waals surface area contributed by atoms with Crippen molar-refractivity contribution in [2.24, 2.45) is 11.8 Å². The highest BCUT2D eigenvalue weighted by atomic mass is 16.5. The Labute approximate surface area is 199 Å². The molecule has 0 aromatic rings. The van der Waals surface area contributed by atoms with E-state index in [1.165, 1.54) is 44.9 Å². The Kier molecular flexibility index (Phi) is 22.3. The van der Waals surface area contributed by atoms with Crippen molar-refractivity contribution in [1.29, 1.82) is 0 Å². The Hall–Kier alpha value is -1.06. The zero-order valence-electron chi connectivity index (χ0n) is 21.9. The van der Waals surface area contributed by atoms with E-state index in [1.807, 2.05) is 0 Å². The molecule has 32 heavy (non-hydrogen) atoms. The van der Waals surface area contributed by atoms with Crippen molar-refractivity contribution >= 4 is 11.9 Å². The highest BCUT2D eigenvalue weighted by molar-refractivity contribution is 5.69. The van der Waals surface area contributed by atoms with Crippen LogP contribution in [0.1, 0.15) is 143 Å². The van der Waals surface area contributed by atoms with E-state index in [-0.39, 0.29) is 11.9 Å². The van der Waals surface area contributed by atoms with E-state index in [1.54, 1.807) is 0 Å². The summed E-state index contributed by atoms with van der Waals surface area (Å²) in [5, 5.41) is 0. The van der Waals surface area contributed by atoms with E-state index in [9.17, 15) is 9.59 Å². The second-order valence-corrected chi connectivity index (χ2v) is 10.3. The Bertz CT molecular complexity index is 431. The fourth-order valence-corrected chi connectivity index (χ4v) is 3.78. The standard InChI is InChI=1S/C28H54O4/c1-25(2)19-13-7-6-11-17-23-31-27(29)21-15-8-5-9-16-22-28(30)32-24-18-12-10-14-20-26(3)4/h25-26H,5-24H2,1-4H3. The van der Waals surface area contributed by atoms with E-state index in [0.29, 0.717) is 26.1 Å². The molecule has 0 radical (unpaired) electrons. The molecule has 0 aliphatic carbocycles. The molecule has 0 unspecified atom stereocenters. The van der Waals surface area contributed by atoms with Crippen LogP contribution < -0.4 is 0 Å². The van der Waals surface area contributed by atoms with Crippen molar-refractivity contribution in [3.63, 3.8) is 0 Å². The van der Waals surface area contributed by atoms with E-state index in [2.05, 4.69) is 27.7 Å². The summed E-state index contributed by atoms with van der Waals surface area (Å²) < 4.78 is 10.6. The van der Waals surface area contributed by atoms with Crippen molar-refractivity contribution in [2.45, 2.75) is 143 Å². The van der Waals surface area contributed by atoms with Crippen molar-refractivity contribution < 1.29 is 19.1 Å². The molecule has 190 valence electrons. The molecule has 0 saturated carbocycles. The number of carbonyl (C=O) groups is 2. The number of unbranched alkanes of at least 4 members (excludes halogenated alkanes) is 11. The highest BCUT2D eigenvalue weighted by Crippen LogP contribution is 2.12. The molecule has 0 aromatic heterocycles. The first-order valence-electron chi connectivity index (χ1n) is 13.7. The number of rotatable bonds is 23. The molecule has 0 amide bonds. The maximum absolute atomic E-state index is 11.8. The number of hydrogen-bond donors (Lipinski definition) is 0. The molecule has 4 heteroatoms. The lowest BCUT2D eigenvalue weighted by Gasteiger charge is -2.07. The second kappa shape index (κ2) is 23.1. The van der Waals surface area contributed by atoms with Gasteiger partial charge in [0, 0.05) is 12.8 Å². The molecule has 4 nitrogen and oxygen atoms in total. The molecule has 0 rings (SSSR count). The Balaban J connectivity index is 3.29. The first-order valence-corrected chi connectivity index (χ1v) is 13.7. The maximum Gasteiger partial charge on any atom is 0.305 e. The summed E-state index contributed by atoms with van der Waals surface area (Å²) in [6, 6.07) is 0. The fraction of sp³-hybridized carbons (Fsp3) is 0.929. The van der Waals surface area contributed by atoms with Crippen molar-refractivity contribution in [3.05, 3.63) is 0 Å².